The van der Waals surface area contributed by atoms with Crippen LogP contribution in [0.1, 0.15) is 50.5 Å². The maximum absolute atomic E-state index is 13.7. The summed E-state index contributed by atoms with van der Waals surface area (Å²) in [6.07, 6.45) is 3.65. The Labute approximate surface area is 196 Å². The Hall–Kier alpha value is -2.16. The third-order valence-electron chi connectivity index (χ3n) is 5.42. The molecule has 0 unspecified atom stereocenters. The summed E-state index contributed by atoms with van der Waals surface area (Å²) in [5, 5.41) is 1.16. The van der Waals surface area contributed by atoms with Gasteiger partial charge in [0.15, 0.2) is 5.16 Å². The summed E-state index contributed by atoms with van der Waals surface area (Å²) in [4.78, 5) is 32.6. The molecule has 0 bridgehead atoms. The first kappa shape index (κ1) is 23.0. The van der Waals surface area contributed by atoms with Crippen LogP contribution in [0.5, 0.6) is 0 Å². The molecule has 8 heteroatoms. The van der Waals surface area contributed by atoms with E-state index in [4.69, 9.17) is 14.5 Å². The Balaban J connectivity index is 1.71. The SMILES string of the molecule is CCCCCOC(=O)CSc1nc2sc3c(c2c(=O)n1-c1ccccc1)CC(C)(C)OC3. The first-order chi connectivity index (χ1) is 15.4. The molecular formula is C24H28N2O4S2. The van der Waals surface area contributed by atoms with Crippen LogP contribution in [0.4, 0.5) is 0 Å². The number of ether oxygens (including phenoxy) is 2. The largest absolute Gasteiger partial charge is 0.465 e. The number of carbonyl (C=O) groups is 1. The van der Waals surface area contributed by atoms with Gasteiger partial charge < -0.3 is 9.47 Å². The van der Waals surface area contributed by atoms with Gasteiger partial charge >= 0.3 is 5.97 Å². The molecule has 0 radical (unpaired) electrons. The van der Waals surface area contributed by atoms with Crippen molar-refractivity contribution < 1.29 is 14.3 Å². The molecule has 0 amide bonds. The van der Waals surface area contributed by atoms with Crippen LogP contribution in [-0.4, -0.2) is 33.5 Å². The van der Waals surface area contributed by atoms with Crippen LogP contribution < -0.4 is 5.56 Å². The number of thiophene rings is 1. The predicted molar refractivity (Wildman–Crippen MR) is 129 cm³/mol. The van der Waals surface area contributed by atoms with Crippen LogP contribution in [0, 0.1) is 0 Å². The van der Waals surface area contributed by atoms with Gasteiger partial charge in [0.05, 0.1) is 35.6 Å². The van der Waals surface area contributed by atoms with Crippen molar-refractivity contribution in [2.24, 2.45) is 0 Å². The number of hydrogen-bond acceptors (Lipinski definition) is 7. The van der Waals surface area contributed by atoms with Gasteiger partial charge in [0.25, 0.3) is 5.56 Å². The van der Waals surface area contributed by atoms with Crippen LogP contribution in [-0.2, 0) is 27.3 Å². The fourth-order valence-electron chi connectivity index (χ4n) is 3.78. The average Bonchev–Trinajstić information content (AvgIpc) is 3.12. The lowest BCUT2D eigenvalue weighted by atomic mass is 9.94. The molecule has 32 heavy (non-hydrogen) atoms. The molecule has 0 N–H and O–H groups in total. The van der Waals surface area contributed by atoms with E-state index in [1.807, 2.05) is 44.2 Å². The quantitative estimate of drug-likeness (QED) is 0.196. The van der Waals surface area contributed by atoms with E-state index in [1.165, 1.54) is 23.1 Å². The maximum Gasteiger partial charge on any atom is 0.316 e. The van der Waals surface area contributed by atoms with E-state index in [0.29, 0.717) is 35.0 Å². The topological polar surface area (TPSA) is 70.4 Å². The predicted octanol–water partition coefficient (Wildman–Crippen LogP) is 5.12. The van der Waals surface area contributed by atoms with Crippen LogP contribution in [0.3, 0.4) is 0 Å². The highest BCUT2D eigenvalue weighted by molar-refractivity contribution is 7.99. The minimum atomic E-state index is -0.319. The summed E-state index contributed by atoms with van der Waals surface area (Å²) in [6.45, 7) is 7.11. The van der Waals surface area contributed by atoms with Gasteiger partial charge in [0.1, 0.15) is 4.83 Å². The van der Waals surface area contributed by atoms with Crippen molar-refractivity contribution in [3.8, 4) is 5.69 Å². The van der Waals surface area contributed by atoms with Gasteiger partial charge in [-0.3, -0.25) is 14.2 Å². The number of nitrogens with zero attached hydrogens (tertiary/aromatic N) is 2. The third-order valence-corrected chi connectivity index (χ3v) is 7.43. The Kier molecular flexibility index (Phi) is 7.02. The van der Waals surface area contributed by atoms with Crippen LogP contribution in [0.15, 0.2) is 40.3 Å². The number of benzene rings is 1. The summed E-state index contributed by atoms with van der Waals surface area (Å²) >= 11 is 2.75. The van der Waals surface area contributed by atoms with Crippen LogP contribution in [0.25, 0.3) is 15.9 Å². The summed E-state index contributed by atoms with van der Waals surface area (Å²) in [7, 11) is 0. The average molecular weight is 473 g/mol. The van der Waals surface area contributed by atoms with E-state index in [9.17, 15) is 9.59 Å². The van der Waals surface area contributed by atoms with Crippen LogP contribution in [0.2, 0.25) is 0 Å². The fraction of sp³-hybridized carbons (Fsp3) is 0.458. The standard InChI is InChI=1S/C24H28N2O4S2/c1-4-5-9-12-29-19(27)15-31-23-25-21-20(17-13-24(2,3)30-14-18(17)32-21)22(28)26(23)16-10-7-6-8-11-16/h6-8,10-11H,4-5,9,12-15H2,1-3H3. The van der Waals surface area contributed by atoms with Gasteiger partial charge in [0, 0.05) is 11.3 Å². The molecule has 1 aromatic carbocycles. The van der Waals surface area contributed by atoms with Crippen molar-refractivity contribution in [3.63, 3.8) is 0 Å². The number of aromatic nitrogens is 2. The number of esters is 1. The molecule has 2 aromatic heterocycles. The maximum atomic E-state index is 13.7. The molecule has 0 saturated heterocycles. The fourth-order valence-corrected chi connectivity index (χ4v) is 5.73. The number of fused-ring (bicyclic) bond motifs is 3. The Bertz CT molecular complexity index is 1170. The zero-order chi connectivity index (χ0) is 22.7. The molecule has 3 heterocycles. The highest BCUT2D eigenvalue weighted by Crippen LogP contribution is 2.37. The second kappa shape index (κ2) is 9.77. The smallest absolute Gasteiger partial charge is 0.316 e. The molecule has 0 spiro atoms. The lowest BCUT2D eigenvalue weighted by Crippen LogP contribution is -2.32. The van der Waals surface area contributed by atoms with E-state index < -0.39 is 0 Å². The molecule has 0 atom stereocenters. The summed E-state index contributed by atoms with van der Waals surface area (Å²) in [6, 6.07) is 9.46. The molecule has 6 nitrogen and oxygen atoms in total. The van der Waals surface area contributed by atoms with Gasteiger partial charge in [-0.25, -0.2) is 4.98 Å². The van der Waals surface area contributed by atoms with Gasteiger partial charge in [-0.15, -0.1) is 11.3 Å². The zero-order valence-electron chi connectivity index (χ0n) is 18.7. The lowest BCUT2D eigenvalue weighted by molar-refractivity contribution is -0.140. The number of carbonyl (C=O) groups excluding carboxylic acids is 1. The van der Waals surface area contributed by atoms with Crippen molar-refractivity contribution in [2.75, 3.05) is 12.4 Å². The molecule has 1 aliphatic rings. The highest BCUT2D eigenvalue weighted by Gasteiger charge is 2.31. The molecule has 0 fully saturated rings. The molecular weight excluding hydrogens is 444 g/mol. The van der Waals surface area contributed by atoms with Crippen molar-refractivity contribution in [1.29, 1.82) is 0 Å². The van der Waals surface area contributed by atoms with Gasteiger partial charge in [-0.1, -0.05) is 49.7 Å². The third kappa shape index (κ3) is 4.92. The number of unbranched alkanes of at least 4 members (excludes halogenated alkanes) is 2. The Morgan fingerprint density at radius 2 is 2.06 bits per heavy atom. The number of rotatable bonds is 8. The molecule has 170 valence electrons. The molecule has 0 aliphatic carbocycles. The first-order valence-corrected chi connectivity index (χ1v) is 12.7. The number of hydrogen-bond donors (Lipinski definition) is 0. The van der Waals surface area contributed by atoms with E-state index in [1.54, 1.807) is 4.57 Å². The van der Waals surface area contributed by atoms with E-state index in [-0.39, 0.29) is 22.9 Å². The van der Waals surface area contributed by atoms with E-state index >= 15 is 0 Å². The summed E-state index contributed by atoms with van der Waals surface area (Å²) < 4.78 is 12.9. The summed E-state index contributed by atoms with van der Waals surface area (Å²) in [5.74, 6) is -0.182. The first-order valence-electron chi connectivity index (χ1n) is 10.9. The highest BCUT2D eigenvalue weighted by atomic mass is 32.2. The second-order valence-electron chi connectivity index (χ2n) is 8.50. The van der Waals surface area contributed by atoms with Gasteiger partial charge in [-0.2, -0.15) is 0 Å². The van der Waals surface area contributed by atoms with Crippen molar-refractivity contribution in [2.45, 2.75) is 63.8 Å². The zero-order valence-corrected chi connectivity index (χ0v) is 20.3. The normalized spacial score (nSPS) is 15.0. The number of thioether (sulfide) groups is 1. The molecule has 1 aliphatic heterocycles. The second-order valence-corrected chi connectivity index (χ2v) is 10.5. The minimum Gasteiger partial charge on any atom is -0.465 e. The van der Waals surface area contributed by atoms with E-state index in [2.05, 4.69) is 6.92 Å². The molecule has 4 rings (SSSR count). The van der Waals surface area contributed by atoms with Gasteiger partial charge in [-0.05, 0) is 38.0 Å². The monoisotopic (exact) mass is 472 g/mol. The Morgan fingerprint density at radius 3 is 2.81 bits per heavy atom. The van der Waals surface area contributed by atoms with Gasteiger partial charge in [0.2, 0.25) is 0 Å². The lowest BCUT2D eigenvalue weighted by Gasteiger charge is -2.29. The van der Waals surface area contributed by atoms with Crippen molar-refractivity contribution >= 4 is 39.3 Å². The van der Waals surface area contributed by atoms with Crippen molar-refractivity contribution in [1.82, 2.24) is 9.55 Å². The molecule has 0 saturated carbocycles. The summed E-state index contributed by atoms with van der Waals surface area (Å²) in [5.41, 5.74) is 1.35. The molecule has 3 aromatic rings. The van der Waals surface area contributed by atoms with E-state index in [0.717, 1.165) is 35.4 Å². The van der Waals surface area contributed by atoms with Crippen molar-refractivity contribution in [3.05, 3.63) is 51.1 Å². The Morgan fingerprint density at radius 1 is 1.28 bits per heavy atom. The minimum absolute atomic E-state index is 0.102. The number of para-hydroxylation sites is 1. The van der Waals surface area contributed by atoms with Crippen LogP contribution >= 0.6 is 23.1 Å².